The molecule has 84 valence electrons. The monoisotopic (exact) mass is 217 g/mol. The Morgan fingerprint density at radius 3 is 3.31 bits per heavy atom. The molecule has 0 spiro atoms. The van der Waals surface area contributed by atoms with Crippen molar-refractivity contribution in [3.63, 3.8) is 0 Å². The number of anilines is 1. The highest BCUT2D eigenvalue weighted by molar-refractivity contribution is 5.51. The first-order valence-corrected chi connectivity index (χ1v) is 5.57. The zero-order chi connectivity index (χ0) is 11.2. The summed E-state index contributed by atoms with van der Waals surface area (Å²) in [6, 6.07) is 5.67. The van der Waals surface area contributed by atoms with Gasteiger partial charge in [0.25, 0.3) is 0 Å². The lowest BCUT2D eigenvalue weighted by Crippen LogP contribution is -2.24. The Balaban J connectivity index is 1.91. The van der Waals surface area contributed by atoms with Crippen molar-refractivity contribution in [2.45, 2.75) is 12.8 Å². The molecule has 1 aliphatic rings. The summed E-state index contributed by atoms with van der Waals surface area (Å²) in [5.41, 5.74) is 0.597. The zero-order valence-corrected chi connectivity index (χ0v) is 9.15. The number of hydrogen-bond acceptors (Lipinski definition) is 4. The van der Waals surface area contributed by atoms with Crippen molar-refractivity contribution in [1.29, 1.82) is 5.26 Å². The van der Waals surface area contributed by atoms with Crippen molar-refractivity contribution in [3.05, 3.63) is 23.9 Å². The van der Waals surface area contributed by atoms with Crippen molar-refractivity contribution in [1.82, 2.24) is 4.98 Å². The van der Waals surface area contributed by atoms with Gasteiger partial charge in [-0.15, -0.1) is 0 Å². The van der Waals surface area contributed by atoms with Crippen molar-refractivity contribution in [3.8, 4) is 6.07 Å². The molecule has 0 saturated carbocycles. The molecule has 4 nitrogen and oxygen atoms in total. The minimum Gasteiger partial charge on any atom is -0.381 e. The summed E-state index contributed by atoms with van der Waals surface area (Å²) in [4.78, 5) is 4.16. The number of nitrogens with one attached hydrogen (secondary N) is 1. The minimum atomic E-state index is 0.530. The molecule has 2 heterocycles. The van der Waals surface area contributed by atoms with Gasteiger partial charge in [0, 0.05) is 19.3 Å². The highest BCUT2D eigenvalue weighted by Crippen LogP contribution is 2.15. The molecule has 1 aromatic heterocycles. The summed E-state index contributed by atoms with van der Waals surface area (Å²) >= 11 is 0. The Labute approximate surface area is 95.3 Å². The molecule has 1 N–H and O–H groups in total. The smallest absolute Gasteiger partial charge is 0.143 e. The lowest BCUT2D eigenvalue weighted by Gasteiger charge is -2.22. The van der Waals surface area contributed by atoms with Crippen LogP contribution in [0.3, 0.4) is 0 Å². The summed E-state index contributed by atoms with van der Waals surface area (Å²) in [7, 11) is 0. The first-order valence-electron chi connectivity index (χ1n) is 5.57. The van der Waals surface area contributed by atoms with Crippen LogP contribution in [0.5, 0.6) is 0 Å². The summed E-state index contributed by atoms with van der Waals surface area (Å²) < 4.78 is 5.40. The Morgan fingerprint density at radius 1 is 1.62 bits per heavy atom. The summed E-state index contributed by atoms with van der Waals surface area (Å²) in [5, 5.41) is 12.1. The lowest BCUT2D eigenvalue weighted by molar-refractivity contribution is 0.0595. The topological polar surface area (TPSA) is 57.9 Å². The Hall–Kier alpha value is -1.60. The maximum absolute atomic E-state index is 8.90. The van der Waals surface area contributed by atoms with Gasteiger partial charge in [0.2, 0.25) is 0 Å². The van der Waals surface area contributed by atoms with Crippen molar-refractivity contribution in [2.24, 2.45) is 5.92 Å². The molecule has 1 aromatic rings. The van der Waals surface area contributed by atoms with Gasteiger partial charge in [-0.05, 0) is 30.9 Å². The first kappa shape index (κ1) is 10.9. The molecule has 0 radical (unpaired) electrons. The molecule has 1 atom stereocenters. The van der Waals surface area contributed by atoms with Gasteiger partial charge in [-0.2, -0.15) is 5.26 Å². The second kappa shape index (κ2) is 5.47. The second-order valence-corrected chi connectivity index (χ2v) is 3.98. The molecule has 0 aliphatic carbocycles. The number of ether oxygens (including phenoxy) is 1. The van der Waals surface area contributed by atoms with E-state index >= 15 is 0 Å². The van der Waals surface area contributed by atoms with Crippen LogP contribution in [-0.2, 0) is 4.74 Å². The first-order chi connectivity index (χ1) is 7.90. The predicted octanol–water partition coefficient (Wildman–Crippen LogP) is 1.79. The van der Waals surface area contributed by atoms with E-state index in [1.807, 2.05) is 0 Å². The van der Waals surface area contributed by atoms with E-state index in [0.717, 1.165) is 26.2 Å². The molecule has 0 aromatic carbocycles. The third-order valence-corrected chi connectivity index (χ3v) is 2.74. The second-order valence-electron chi connectivity index (χ2n) is 3.98. The Bertz CT molecular complexity index is 380. The summed E-state index contributed by atoms with van der Waals surface area (Å²) in [6.07, 6.45) is 4.00. The quantitative estimate of drug-likeness (QED) is 0.838. The molecule has 1 fully saturated rings. The Kier molecular flexibility index (Phi) is 3.73. The number of pyridine rings is 1. The van der Waals surface area contributed by atoms with Crippen molar-refractivity contribution >= 4 is 5.82 Å². The standard InChI is InChI=1S/C12H15N3O/c13-7-11-4-1-5-14-12(11)15-8-10-3-2-6-16-9-10/h1,4-5,10H,2-3,6,8-9H2,(H,14,15). The van der Waals surface area contributed by atoms with Crippen LogP contribution in [0.2, 0.25) is 0 Å². The fourth-order valence-corrected chi connectivity index (χ4v) is 1.85. The van der Waals surface area contributed by atoms with Crippen LogP contribution in [0.1, 0.15) is 18.4 Å². The third kappa shape index (κ3) is 2.71. The van der Waals surface area contributed by atoms with E-state index in [1.165, 1.54) is 6.42 Å². The van der Waals surface area contributed by atoms with Crippen LogP contribution < -0.4 is 5.32 Å². The van der Waals surface area contributed by atoms with Gasteiger partial charge in [0.05, 0.1) is 12.2 Å². The van der Waals surface area contributed by atoms with Gasteiger partial charge in [-0.3, -0.25) is 0 Å². The molecule has 2 rings (SSSR count). The average molecular weight is 217 g/mol. The highest BCUT2D eigenvalue weighted by Gasteiger charge is 2.14. The van der Waals surface area contributed by atoms with E-state index in [9.17, 15) is 0 Å². The maximum atomic E-state index is 8.90. The SMILES string of the molecule is N#Cc1cccnc1NCC1CCCOC1. The van der Waals surface area contributed by atoms with Crippen LogP contribution in [0.4, 0.5) is 5.82 Å². The number of hydrogen-bond donors (Lipinski definition) is 1. The van der Waals surface area contributed by atoms with Gasteiger partial charge in [0.15, 0.2) is 0 Å². The van der Waals surface area contributed by atoms with E-state index in [1.54, 1.807) is 18.3 Å². The van der Waals surface area contributed by atoms with E-state index in [2.05, 4.69) is 16.4 Å². The van der Waals surface area contributed by atoms with Crippen molar-refractivity contribution in [2.75, 3.05) is 25.1 Å². The molecule has 4 heteroatoms. The molecule has 0 bridgehead atoms. The molecule has 1 unspecified atom stereocenters. The summed E-state index contributed by atoms with van der Waals surface area (Å²) in [6.45, 7) is 2.51. The maximum Gasteiger partial charge on any atom is 0.143 e. The van der Waals surface area contributed by atoms with Gasteiger partial charge < -0.3 is 10.1 Å². The van der Waals surface area contributed by atoms with Gasteiger partial charge in [0.1, 0.15) is 11.9 Å². The summed E-state index contributed by atoms with van der Waals surface area (Å²) in [5.74, 6) is 1.21. The molecule has 1 saturated heterocycles. The van der Waals surface area contributed by atoms with E-state index < -0.39 is 0 Å². The largest absolute Gasteiger partial charge is 0.381 e. The number of nitriles is 1. The number of rotatable bonds is 3. The molecular weight excluding hydrogens is 202 g/mol. The highest BCUT2D eigenvalue weighted by atomic mass is 16.5. The zero-order valence-electron chi connectivity index (χ0n) is 9.15. The van der Waals surface area contributed by atoms with Crippen LogP contribution in [0.25, 0.3) is 0 Å². The number of aromatic nitrogens is 1. The van der Waals surface area contributed by atoms with E-state index in [-0.39, 0.29) is 0 Å². The third-order valence-electron chi connectivity index (χ3n) is 2.74. The Morgan fingerprint density at radius 2 is 2.56 bits per heavy atom. The van der Waals surface area contributed by atoms with Gasteiger partial charge >= 0.3 is 0 Å². The van der Waals surface area contributed by atoms with Crippen LogP contribution in [0, 0.1) is 17.2 Å². The molecule has 16 heavy (non-hydrogen) atoms. The number of nitrogens with zero attached hydrogens (tertiary/aromatic N) is 2. The van der Waals surface area contributed by atoms with Crippen LogP contribution in [0.15, 0.2) is 18.3 Å². The predicted molar refractivity (Wildman–Crippen MR) is 61.0 cm³/mol. The minimum absolute atomic E-state index is 0.530. The lowest BCUT2D eigenvalue weighted by atomic mass is 10.0. The normalized spacial score (nSPS) is 20.1. The fraction of sp³-hybridized carbons (Fsp3) is 0.500. The molecule has 1 aliphatic heterocycles. The molecule has 0 amide bonds. The average Bonchev–Trinajstić information content (AvgIpc) is 2.38. The van der Waals surface area contributed by atoms with Gasteiger partial charge in [-0.1, -0.05) is 0 Å². The fourth-order valence-electron chi connectivity index (χ4n) is 1.85. The van der Waals surface area contributed by atoms with E-state index in [0.29, 0.717) is 17.3 Å². The van der Waals surface area contributed by atoms with Crippen LogP contribution in [-0.4, -0.2) is 24.7 Å². The van der Waals surface area contributed by atoms with Crippen LogP contribution >= 0.6 is 0 Å². The van der Waals surface area contributed by atoms with E-state index in [4.69, 9.17) is 10.00 Å². The molecular formula is C12H15N3O. The van der Waals surface area contributed by atoms with Crippen molar-refractivity contribution < 1.29 is 4.74 Å². The van der Waals surface area contributed by atoms with Gasteiger partial charge in [-0.25, -0.2) is 4.98 Å².